The van der Waals surface area contributed by atoms with Gasteiger partial charge in [0.2, 0.25) is 0 Å². The van der Waals surface area contributed by atoms with E-state index in [1.54, 1.807) is 18.9 Å². The molecule has 5 heteroatoms. The summed E-state index contributed by atoms with van der Waals surface area (Å²) in [5, 5.41) is 0.623. The van der Waals surface area contributed by atoms with Gasteiger partial charge in [0.25, 0.3) is 0 Å². The van der Waals surface area contributed by atoms with Crippen molar-refractivity contribution in [2.24, 2.45) is 0 Å². The Bertz CT molecular complexity index is 722. The van der Waals surface area contributed by atoms with Crippen LogP contribution < -0.4 is 10.5 Å². The second-order valence-corrected chi connectivity index (χ2v) is 6.43. The van der Waals surface area contributed by atoms with E-state index in [9.17, 15) is 0 Å². The SMILES string of the molecule is COc1ccc(CSc2ccc3sc(N)nc3c2)cc1. The van der Waals surface area contributed by atoms with Crippen LogP contribution in [-0.2, 0) is 5.75 Å². The summed E-state index contributed by atoms with van der Waals surface area (Å²) in [6.45, 7) is 0. The molecule has 0 fully saturated rings. The highest BCUT2D eigenvalue weighted by molar-refractivity contribution is 7.98. The van der Waals surface area contributed by atoms with Crippen molar-refractivity contribution < 1.29 is 4.74 Å². The first kappa shape index (κ1) is 13.3. The molecule has 0 saturated carbocycles. The van der Waals surface area contributed by atoms with Gasteiger partial charge in [0.1, 0.15) is 5.75 Å². The zero-order valence-electron chi connectivity index (χ0n) is 11.0. The van der Waals surface area contributed by atoms with Crippen LogP contribution >= 0.6 is 23.1 Å². The summed E-state index contributed by atoms with van der Waals surface area (Å²) < 4.78 is 6.29. The molecule has 3 nitrogen and oxygen atoms in total. The molecule has 3 aromatic rings. The van der Waals surface area contributed by atoms with E-state index in [4.69, 9.17) is 10.5 Å². The average molecular weight is 302 g/mol. The van der Waals surface area contributed by atoms with Crippen LogP contribution in [0.1, 0.15) is 5.56 Å². The average Bonchev–Trinajstić information content (AvgIpc) is 2.85. The normalized spacial score (nSPS) is 10.8. The maximum absolute atomic E-state index is 5.72. The van der Waals surface area contributed by atoms with Crippen LogP contribution in [0.25, 0.3) is 10.2 Å². The van der Waals surface area contributed by atoms with Gasteiger partial charge in [-0.2, -0.15) is 0 Å². The lowest BCUT2D eigenvalue weighted by Gasteiger charge is -2.04. The molecule has 0 aliphatic carbocycles. The van der Waals surface area contributed by atoms with Crippen LogP contribution in [0.4, 0.5) is 5.13 Å². The topological polar surface area (TPSA) is 48.1 Å². The number of methoxy groups -OCH3 is 1. The Labute approximate surface area is 125 Å². The zero-order valence-corrected chi connectivity index (χ0v) is 12.6. The van der Waals surface area contributed by atoms with E-state index in [0.717, 1.165) is 21.7 Å². The van der Waals surface area contributed by atoms with Crippen LogP contribution in [0.3, 0.4) is 0 Å². The lowest BCUT2D eigenvalue weighted by Crippen LogP contribution is -1.84. The van der Waals surface area contributed by atoms with Crippen molar-refractivity contribution in [2.45, 2.75) is 10.6 Å². The van der Waals surface area contributed by atoms with Crippen LogP contribution in [0.2, 0.25) is 0 Å². The number of ether oxygens (including phenoxy) is 1. The lowest BCUT2D eigenvalue weighted by atomic mass is 10.2. The number of nitrogens with zero attached hydrogens (tertiary/aromatic N) is 1. The van der Waals surface area contributed by atoms with Gasteiger partial charge in [0.15, 0.2) is 5.13 Å². The molecule has 0 spiro atoms. The number of fused-ring (bicyclic) bond motifs is 1. The fourth-order valence-electron chi connectivity index (χ4n) is 1.90. The molecule has 0 aliphatic rings. The minimum Gasteiger partial charge on any atom is -0.497 e. The van der Waals surface area contributed by atoms with Gasteiger partial charge in [-0.15, -0.1) is 11.8 Å². The smallest absolute Gasteiger partial charge is 0.181 e. The summed E-state index contributed by atoms with van der Waals surface area (Å²) in [5.74, 6) is 1.81. The molecule has 0 aliphatic heterocycles. The Morgan fingerprint density at radius 1 is 1.20 bits per heavy atom. The number of nitrogens with two attached hydrogens (primary N) is 1. The number of nitrogen functional groups attached to an aromatic ring is 1. The van der Waals surface area contributed by atoms with Crippen molar-refractivity contribution in [3.05, 3.63) is 48.0 Å². The number of hydrogen-bond donors (Lipinski definition) is 1. The number of thiazole rings is 1. The lowest BCUT2D eigenvalue weighted by molar-refractivity contribution is 0.414. The fourth-order valence-corrected chi connectivity index (χ4v) is 3.50. The van der Waals surface area contributed by atoms with Gasteiger partial charge in [0, 0.05) is 10.6 Å². The van der Waals surface area contributed by atoms with Crippen molar-refractivity contribution in [1.82, 2.24) is 4.98 Å². The van der Waals surface area contributed by atoms with Crippen molar-refractivity contribution in [3.8, 4) is 5.75 Å². The molecule has 2 aromatic carbocycles. The maximum Gasteiger partial charge on any atom is 0.181 e. The molecule has 0 amide bonds. The Morgan fingerprint density at radius 3 is 2.75 bits per heavy atom. The summed E-state index contributed by atoms with van der Waals surface area (Å²) in [5.41, 5.74) is 7.97. The van der Waals surface area contributed by atoms with Gasteiger partial charge in [0.05, 0.1) is 17.3 Å². The van der Waals surface area contributed by atoms with Crippen LogP contribution in [-0.4, -0.2) is 12.1 Å². The third-order valence-corrected chi connectivity index (χ3v) is 4.87. The molecule has 0 radical (unpaired) electrons. The molecule has 1 aromatic heterocycles. The summed E-state index contributed by atoms with van der Waals surface area (Å²) >= 11 is 3.32. The van der Waals surface area contributed by atoms with Crippen LogP contribution in [0.15, 0.2) is 47.4 Å². The minimum atomic E-state index is 0.623. The molecular weight excluding hydrogens is 288 g/mol. The third kappa shape index (κ3) is 2.89. The Hall–Kier alpha value is -1.72. The quantitative estimate of drug-likeness (QED) is 0.734. The summed E-state index contributed by atoms with van der Waals surface area (Å²) in [6.07, 6.45) is 0. The first-order chi connectivity index (χ1) is 9.74. The molecule has 1 heterocycles. The molecule has 20 heavy (non-hydrogen) atoms. The van der Waals surface area contributed by atoms with Gasteiger partial charge in [-0.1, -0.05) is 23.5 Å². The van der Waals surface area contributed by atoms with Crippen LogP contribution in [0, 0.1) is 0 Å². The molecule has 102 valence electrons. The van der Waals surface area contributed by atoms with Gasteiger partial charge in [-0.25, -0.2) is 4.98 Å². The highest BCUT2D eigenvalue weighted by Gasteiger charge is 2.03. The number of anilines is 1. The van der Waals surface area contributed by atoms with E-state index in [1.807, 2.05) is 12.1 Å². The van der Waals surface area contributed by atoms with Crippen molar-refractivity contribution in [3.63, 3.8) is 0 Å². The van der Waals surface area contributed by atoms with Crippen LogP contribution in [0.5, 0.6) is 5.75 Å². The second kappa shape index (κ2) is 5.73. The maximum atomic E-state index is 5.72. The van der Waals surface area contributed by atoms with Gasteiger partial charge in [-0.05, 0) is 35.9 Å². The highest BCUT2D eigenvalue weighted by Crippen LogP contribution is 2.30. The number of thioether (sulfide) groups is 1. The first-order valence-corrected chi connectivity index (χ1v) is 7.96. The Kier molecular flexibility index (Phi) is 3.80. The summed E-state index contributed by atoms with van der Waals surface area (Å²) in [4.78, 5) is 5.52. The molecule has 0 unspecified atom stereocenters. The Morgan fingerprint density at radius 2 is 2.00 bits per heavy atom. The van der Waals surface area contributed by atoms with Crippen molar-refractivity contribution >= 4 is 38.4 Å². The highest BCUT2D eigenvalue weighted by atomic mass is 32.2. The number of hydrogen-bond acceptors (Lipinski definition) is 5. The monoisotopic (exact) mass is 302 g/mol. The molecule has 0 atom stereocenters. The van der Waals surface area contributed by atoms with Gasteiger partial charge >= 0.3 is 0 Å². The first-order valence-electron chi connectivity index (χ1n) is 6.16. The number of benzene rings is 2. The predicted molar refractivity (Wildman–Crippen MR) is 86.6 cm³/mol. The molecule has 0 saturated heterocycles. The van der Waals surface area contributed by atoms with E-state index < -0.39 is 0 Å². The van der Waals surface area contributed by atoms with E-state index in [1.165, 1.54) is 21.8 Å². The summed E-state index contributed by atoms with van der Waals surface area (Å²) in [6, 6.07) is 14.4. The molecular formula is C15H14N2OS2. The van der Waals surface area contributed by atoms with Gasteiger partial charge in [-0.3, -0.25) is 0 Å². The predicted octanol–water partition coefficient (Wildman–Crippen LogP) is 4.18. The molecule has 2 N–H and O–H groups in total. The standard InChI is InChI=1S/C15H14N2OS2/c1-18-11-4-2-10(3-5-11)9-19-12-6-7-14-13(8-12)17-15(16)20-14/h2-8H,9H2,1H3,(H2,16,17). The fraction of sp³-hybridized carbons (Fsp3) is 0.133. The number of rotatable bonds is 4. The Balaban J connectivity index is 1.72. The molecule has 0 bridgehead atoms. The largest absolute Gasteiger partial charge is 0.497 e. The van der Waals surface area contributed by atoms with E-state index in [2.05, 4.69) is 35.3 Å². The minimum absolute atomic E-state index is 0.623. The van der Waals surface area contributed by atoms with Gasteiger partial charge < -0.3 is 10.5 Å². The van der Waals surface area contributed by atoms with E-state index in [0.29, 0.717) is 5.13 Å². The van der Waals surface area contributed by atoms with Crippen molar-refractivity contribution in [2.75, 3.05) is 12.8 Å². The number of aromatic nitrogens is 1. The van der Waals surface area contributed by atoms with E-state index in [-0.39, 0.29) is 0 Å². The molecule has 3 rings (SSSR count). The second-order valence-electron chi connectivity index (χ2n) is 4.32. The summed E-state index contributed by atoms with van der Waals surface area (Å²) in [7, 11) is 1.68. The van der Waals surface area contributed by atoms with E-state index >= 15 is 0 Å². The van der Waals surface area contributed by atoms with Crippen molar-refractivity contribution in [1.29, 1.82) is 0 Å². The third-order valence-electron chi connectivity index (χ3n) is 2.94. The zero-order chi connectivity index (χ0) is 13.9.